The van der Waals surface area contributed by atoms with E-state index in [1.807, 2.05) is 0 Å². The zero-order valence-electron chi connectivity index (χ0n) is 17.6. The molecule has 1 heterocycles. The Bertz CT molecular complexity index is 891. The molecule has 0 bridgehead atoms. The first-order valence-corrected chi connectivity index (χ1v) is 9.70. The number of hydrogen-bond donors (Lipinski definition) is 1. The quantitative estimate of drug-likeness (QED) is 0.574. The van der Waals surface area contributed by atoms with Crippen molar-refractivity contribution in [1.29, 1.82) is 0 Å². The summed E-state index contributed by atoms with van der Waals surface area (Å²) >= 11 is 0. The summed E-state index contributed by atoms with van der Waals surface area (Å²) in [5.74, 6) is -1.67. The van der Waals surface area contributed by atoms with Gasteiger partial charge < -0.3 is 24.3 Å². The second-order valence-electron chi connectivity index (χ2n) is 6.40. The maximum Gasteiger partial charge on any atom is 0.513 e. The van der Waals surface area contributed by atoms with Crippen LogP contribution in [0.15, 0.2) is 47.2 Å². The molecule has 0 saturated heterocycles. The van der Waals surface area contributed by atoms with Crippen LogP contribution in [0.4, 0.5) is 22.8 Å². The van der Waals surface area contributed by atoms with Crippen molar-refractivity contribution in [3.63, 3.8) is 0 Å². The molecule has 170 valence electrons. The van der Waals surface area contributed by atoms with Crippen LogP contribution in [0.3, 0.4) is 0 Å². The first-order chi connectivity index (χ1) is 14.6. The molecule has 0 aliphatic carbocycles. The van der Waals surface area contributed by atoms with Crippen molar-refractivity contribution in [2.45, 2.75) is 46.2 Å². The molecule has 0 fully saturated rings. The van der Waals surface area contributed by atoms with Crippen molar-refractivity contribution in [1.82, 2.24) is 5.32 Å². The summed E-state index contributed by atoms with van der Waals surface area (Å²) in [6.45, 7) is 6.40. The molecular formula is C21H24F3NO6. The highest BCUT2D eigenvalue weighted by Crippen LogP contribution is 2.45. The molecule has 1 unspecified atom stereocenters. The third kappa shape index (κ3) is 5.71. The molecule has 1 aliphatic rings. The van der Waals surface area contributed by atoms with E-state index < -0.39 is 30.0 Å². The molecule has 1 aromatic rings. The molecule has 10 heteroatoms. The van der Waals surface area contributed by atoms with Crippen molar-refractivity contribution in [3.8, 4) is 0 Å². The van der Waals surface area contributed by atoms with Crippen molar-refractivity contribution in [2.75, 3.05) is 13.2 Å². The molecular weight excluding hydrogens is 419 g/mol. The number of carbonyl (C=O) groups is 2. The van der Waals surface area contributed by atoms with E-state index >= 15 is 0 Å². The van der Waals surface area contributed by atoms with Gasteiger partial charge in [-0.25, -0.2) is 9.59 Å². The molecule has 0 saturated carbocycles. The number of nitrogens with one attached hydrogen (secondary N) is 1. The molecule has 0 spiro atoms. The summed E-state index contributed by atoms with van der Waals surface area (Å²) < 4.78 is 61.5. The van der Waals surface area contributed by atoms with Gasteiger partial charge >= 0.3 is 18.5 Å². The maximum absolute atomic E-state index is 13.8. The summed E-state index contributed by atoms with van der Waals surface area (Å²) in [4.78, 5) is 24.1. The monoisotopic (exact) mass is 443 g/mol. The Labute approximate surface area is 177 Å². The zero-order valence-corrected chi connectivity index (χ0v) is 17.6. The third-order valence-corrected chi connectivity index (χ3v) is 4.37. The van der Waals surface area contributed by atoms with Crippen molar-refractivity contribution < 1.29 is 41.7 Å². The van der Waals surface area contributed by atoms with E-state index in [4.69, 9.17) is 18.9 Å². The number of alkyl halides is 3. The van der Waals surface area contributed by atoms with Gasteiger partial charge in [-0.2, -0.15) is 13.2 Å². The molecule has 1 N–H and O–H groups in total. The van der Waals surface area contributed by atoms with E-state index in [0.29, 0.717) is 12.1 Å². The highest BCUT2D eigenvalue weighted by Gasteiger charge is 2.42. The third-order valence-electron chi connectivity index (χ3n) is 4.37. The molecule has 1 atom stereocenters. The van der Waals surface area contributed by atoms with E-state index in [9.17, 15) is 22.8 Å². The fourth-order valence-corrected chi connectivity index (χ4v) is 3.14. The Morgan fingerprint density at radius 3 is 2.03 bits per heavy atom. The fraction of sp³-hybridized carbons (Fsp3) is 0.429. The lowest BCUT2D eigenvalue weighted by atomic mass is 9.86. The van der Waals surface area contributed by atoms with Gasteiger partial charge in [0.15, 0.2) is 0 Å². The minimum atomic E-state index is -4.70. The van der Waals surface area contributed by atoms with E-state index in [-0.39, 0.29) is 36.0 Å². The van der Waals surface area contributed by atoms with Crippen molar-refractivity contribution in [3.05, 3.63) is 58.3 Å². The predicted octanol–water partition coefficient (Wildman–Crippen LogP) is 5.59. The number of carbonyl (C=O) groups excluding carboxylic acids is 2. The van der Waals surface area contributed by atoms with Gasteiger partial charge in [-0.15, -0.1) is 0 Å². The van der Waals surface area contributed by atoms with Gasteiger partial charge in [-0.1, -0.05) is 25.1 Å². The summed E-state index contributed by atoms with van der Waals surface area (Å²) in [5, 5.41) is 2.93. The van der Waals surface area contributed by atoms with Crippen LogP contribution < -0.4 is 5.32 Å². The topological polar surface area (TPSA) is 83.1 Å². The lowest BCUT2D eigenvalue weighted by molar-refractivity contribution is -0.138. The van der Waals surface area contributed by atoms with Gasteiger partial charge in [0.05, 0.1) is 30.2 Å². The number of allylic oxidation sites excluding steroid dienone is 2. The van der Waals surface area contributed by atoms with Gasteiger partial charge in [-0.3, -0.25) is 0 Å². The van der Waals surface area contributed by atoms with Crippen molar-refractivity contribution >= 4 is 12.3 Å². The van der Waals surface area contributed by atoms with E-state index in [2.05, 4.69) is 5.32 Å². The van der Waals surface area contributed by atoms with Gasteiger partial charge in [0.1, 0.15) is 17.4 Å². The molecule has 31 heavy (non-hydrogen) atoms. The largest absolute Gasteiger partial charge is 0.513 e. The van der Waals surface area contributed by atoms with Gasteiger partial charge in [0, 0.05) is 0 Å². The van der Waals surface area contributed by atoms with Crippen LogP contribution in [0, 0.1) is 0 Å². The summed E-state index contributed by atoms with van der Waals surface area (Å²) in [6, 6.07) is 4.80. The van der Waals surface area contributed by atoms with Gasteiger partial charge in [-0.05, 0) is 38.8 Å². The Morgan fingerprint density at radius 1 is 0.968 bits per heavy atom. The Hall–Kier alpha value is -3.17. The molecule has 1 aliphatic heterocycles. The summed E-state index contributed by atoms with van der Waals surface area (Å²) in [6.07, 6.45) is -6.59. The number of rotatable bonds is 6. The van der Waals surface area contributed by atoms with Crippen LogP contribution in [0.25, 0.3) is 0 Å². The fourth-order valence-electron chi connectivity index (χ4n) is 3.14. The number of ether oxygens (including phenoxy) is 4. The molecule has 7 nitrogen and oxygen atoms in total. The van der Waals surface area contributed by atoms with Crippen molar-refractivity contribution in [2.24, 2.45) is 0 Å². The second-order valence-corrected chi connectivity index (χ2v) is 6.40. The molecule has 0 aromatic heterocycles. The first-order valence-electron chi connectivity index (χ1n) is 9.70. The minimum absolute atomic E-state index is 0.00459. The van der Waals surface area contributed by atoms with Crippen LogP contribution in [0.2, 0.25) is 0 Å². The minimum Gasteiger partial charge on any atom is -0.434 e. The summed E-state index contributed by atoms with van der Waals surface area (Å²) in [5.41, 5.74) is -0.577. The summed E-state index contributed by atoms with van der Waals surface area (Å²) in [7, 11) is 0. The van der Waals surface area contributed by atoms with E-state index in [1.165, 1.54) is 25.1 Å². The smallest absolute Gasteiger partial charge is 0.434 e. The number of dihydropyridines is 1. The molecule has 2 rings (SSSR count). The Balaban J connectivity index is 2.70. The van der Waals surface area contributed by atoms with Crippen LogP contribution >= 0.6 is 0 Å². The average Bonchev–Trinajstić information content (AvgIpc) is 2.70. The molecule has 1 aromatic carbocycles. The normalized spacial score (nSPS) is 16.5. The van der Waals surface area contributed by atoms with Gasteiger partial charge in [0.25, 0.3) is 0 Å². The lowest BCUT2D eigenvalue weighted by Gasteiger charge is -2.32. The highest BCUT2D eigenvalue weighted by atomic mass is 19.4. The highest BCUT2D eigenvalue weighted by molar-refractivity contribution is 5.65. The van der Waals surface area contributed by atoms with Crippen LogP contribution in [0.1, 0.15) is 51.2 Å². The van der Waals surface area contributed by atoms with Crippen LogP contribution in [0.5, 0.6) is 0 Å². The predicted molar refractivity (Wildman–Crippen MR) is 104 cm³/mol. The molecule has 0 amide bonds. The Morgan fingerprint density at radius 2 is 1.52 bits per heavy atom. The average molecular weight is 443 g/mol. The SMILES string of the molecule is CCOC(=O)OC1=C(C)NC(CC)=C(OC(=O)OCC)C1c1ccccc1C(F)(F)F. The standard InChI is InChI=1S/C21H24F3NO6/c1-5-15-18(31-20(27)29-7-3)16(13-10-8-9-11-14(13)21(22,23)24)17(12(4)25-15)30-19(26)28-6-2/h8-11,16,25H,5-7H2,1-4H3. The lowest BCUT2D eigenvalue weighted by Crippen LogP contribution is -2.31. The number of halogens is 3. The van der Waals surface area contributed by atoms with E-state index in [1.54, 1.807) is 20.8 Å². The van der Waals surface area contributed by atoms with Gasteiger partial charge in [0.2, 0.25) is 0 Å². The van der Waals surface area contributed by atoms with Crippen LogP contribution in [-0.4, -0.2) is 25.5 Å². The van der Waals surface area contributed by atoms with Crippen LogP contribution in [-0.2, 0) is 25.1 Å². The Kier molecular flexibility index (Phi) is 7.95. The second kappa shape index (κ2) is 10.2. The number of hydrogen-bond acceptors (Lipinski definition) is 7. The maximum atomic E-state index is 13.8. The zero-order chi connectivity index (χ0) is 23.2. The number of benzene rings is 1. The van der Waals surface area contributed by atoms with E-state index in [0.717, 1.165) is 6.07 Å². The molecule has 0 radical (unpaired) electrons. The first kappa shape index (κ1) is 24.1.